The van der Waals surface area contributed by atoms with Gasteiger partial charge in [-0.1, -0.05) is 13.8 Å². The van der Waals surface area contributed by atoms with Crippen LogP contribution in [0.2, 0.25) is 0 Å². The van der Waals surface area contributed by atoms with Crippen LogP contribution in [-0.2, 0) is 4.74 Å². The van der Waals surface area contributed by atoms with Gasteiger partial charge in [0.05, 0.1) is 18.3 Å². The Kier molecular flexibility index (Phi) is 3.79. The molecule has 0 spiro atoms. The van der Waals surface area contributed by atoms with Crippen molar-refractivity contribution < 1.29 is 14.3 Å². The van der Waals surface area contributed by atoms with Gasteiger partial charge in [0.15, 0.2) is 0 Å². The van der Waals surface area contributed by atoms with Crippen molar-refractivity contribution >= 4 is 5.91 Å². The van der Waals surface area contributed by atoms with Crippen LogP contribution < -0.4 is 4.74 Å². The van der Waals surface area contributed by atoms with E-state index in [9.17, 15) is 4.79 Å². The second kappa shape index (κ2) is 5.73. The first kappa shape index (κ1) is 15.9. The van der Waals surface area contributed by atoms with Crippen LogP contribution in [0, 0.1) is 17.3 Å². The highest BCUT2D eigenvalue weighted by molar-refractivity contribution is 5.94. The molecule has 2 aliphatic carbocycles. The summed E-state index contributed by atoms with van der Waals surface area (Å²) in [6.07, 6.45) is 5.47. The Morgan fingerprint density at radius 3 is 2.83 bits per heavy atom. The average Bonchev–Trinajstić information content (AvgIpc) is 3.30. The number of fused-ring (bicyclic) bond motifs is 1. The van der Waals surface area contributed by atoms with Crippen LogP contribution in [0.25, 0.3) is 0 Å². The van der Waals surface area contributed by atoms with Gasteiger partial charge in [-0.3, -0.25) is 4.79 Å². The Morgan fingerprint density at radius 1 is 1.38 bits per heavy atom. The average molecular weight is 330 g/mol. The summed E-state index contributed by atoms with van der Waals surface area (Å²) >= 11 is 0. The molecule has 5 heteroatoms. The van der Waals surface area contributed by atoms with Crippen LogP contribution in [0.5, 0.6) is 5.88 Å². The first-order chi connectivity index (χ1) is 11.5. The maximum Gasteiger partial charge on any atom is 0.255 e. The summed E-state index contributed by atoms with van der Waals surface area (Å²) in [7, 11) is 1.90. The van der Waals surface area contributed by atoms with Gasteiger partial charge < -0.3 is 14.4 Å². The molecule has 0 bridgehead atoms. The molecule has 2 saturated carbocycles. The highest BCUT2D eigenvalue weighted by Gasteiger charge is 2.61. The highest BCUT2D eigenvalue weighted by atomic mass is 16.5. The molecule has 0 aromatic carbocycles. The van der Waals surface area contributed by atoms with Gasteiger partial charge in [-0.05, 0) is 31.2 Å². The van der Waals surface area contributed by atoms with Crippen molar-refractivity contribution in [3.63, 3.8) is 0 Å². The van der Waals surface area contributed by atoms with Crippen LogP contribution in [0.3, 0.4) is 0 Å². The number of amides is 1. The molecule has 1 amide bonds. The molecule has 4 rings (SSSR count). The summed E-state index contributed by atoms with van der Waals surface area (Å²) in [5.41, 5.74) is 0.626. The molecule has 3 atom stereocenters. The van der Waals surface area contributed by atoms with Crippen LogP contribution in [0.1, 0.15) is 43.5 Å². The van der Waals surface area contributed by atoms with Crippen molar-refractivity contribution in [1.29, 1.82) is 0 Å². The second-order valence-corrected chi connectivity index (χ2v) is 8.07. The lowest BCUT2D eigenvalue weighted by molar-refractivity contribution is -0.139. The number of hydrogen-bond acceptors (Lipinski definition) is 4. The predicted octanol–water partition coefficient (Wildman–Crippen LogP) is 2.76. The third-order valence-electron chi connectivity index (χ3n) is 5.92. The van der Waals surface area contributed by atoms with Crippen LogP contribution in [0.15, 0.2) is 18.3 Å². The van der Waals surface area contributed by atoms with E-state index in [2.05, 4.69) is 18.8 Å². The number of hydrogen-bond donors (Lipinski definition) is 0. The van der Waals surface area contributed by atoms with Crippen molar-refractivity contribution in [2.75, 3.05) is 20.3 Å². The number of ether oxygens (including phenoxy) is 2. The van der Waals surface area contributed by atoms with Gasteiger partial charge >= 0.3 is 0 Å². The van der Waals surface area contributed by atoms with Gasteiger partial charge in [0.25, 0.3) is 5.91 Å². The fraction of sp³-hybridized carbons (Fsp3) is 0.684. The number of pyridine rings is 1. The van der Waals surface area contributed by atoms with Crippen molar-refractivity contribution in [1.82, 2.24) is 9.88 Å². The summed E-state index contributed by atoms with van der Waals surface area (Å²) in [6, 6.07) is 3.85. The lowest BCUT2D eigenvalue weighted by Gasteiger charge is -2.57. The van der Waals surface area contributed by atoms with E-state index in [-0.39, 0.29) is 23.5 Å². The van der Waals surface area contributed by atoms with E-state index in [0.717, 1.165) is 19.6 Å². The summed E-state index contributed by atoms with van der Waals surface area (Å²) in [6.45, 7) is 5.94. The monoisotopic (exact) mass is 330 g/mol. The zero-order valence-corrected chi connectivity index (χ0v) is 14.7. The third-order valence-corrected chi connectivity index (χ3v) is 5.92. The van der Waals surface area contributed by atoms with E-state index in [4.69, 9.17) is 9.47 Å². The first-order valence-electron chi connectivity index (χ1n) is 8.96. The van der Waals surface area contributed by atoms with E-state index in [1.807, 2.05) is 18.0 Å². The Bertz CT molecular complexity index is 624. The minimum atomic E-state index is 0.00627. The molecular weight excluding hydrogens is 304 g/mol. The first-order valence-corrected chi connectivity index (χ1v) is 8.96. The topological polar surface area (TPSA) is 51.7 Å². The third kappa shape index (κ3) is 2.59. The largest absolute Gasteiger partial charge is 0.477 e. The Balaban J connectivity index is 1.42. The Hall–Kier alpha value is -1.62. The maximum absolute atomic E-state index is 12.8. The second-order valence-electron chi connectivity index (χ2n) is 8.07. The molecule has 0 radical (unpaired) electrons. The molecule has 1 aromatic rings. The lowest BCUT2D eigenvalue weighted by Crippen LogP contribution is -2.66. The molecular formula is C19H26N2O3. The fourth-order valence-corrected chi connectivity index (χ4v) is 4.49. The SMILES string of the molecule is CN(C(=O)c1ccc(OCC2CC2)nc1)[C@@H]1[C@H]2CCO[C@H]2C1(C)C. The molecule has 1 aromatic heterocycles. The van der Waals surface area contributed by atoms with Crippen molar-refractivity contribution in [2.24, 2.45) is 17.3 Å². The van der Waals surface area contributed by atoms with Gasteiger partial charge in [-0.2, -0.15) is 0 Å². The smallest absolute Gasteiger partial charge is 0.255 e. The summed E-state index contributed by atoms with van der Waals surface area (Å²) in [4.78, 5) is 19.0. The molecule has 24 heavy (non-hydrogen) atoms. The molecule has 2 heterocycles. The van der Waals surface area contributed by atoms with Gasteiger partial charge in [-0.25, -0.2) is 4.98 Å². The summed E-state index contributed by atoms with van der Waals surface area (Å²) < 4.78 is 11.5. The minimum Gasteiger partial charge on any atom is -0.477 e. The molecule has 0 unspecified atom stereocenters. The maximum atomic E-state index is 12.8. The number of rotatable bonds is 5. The molecule has 5 nitrogen and oxygen atoms in total. The van der Waals surface area contributed by atoms with Crippen molar-refractivity contribution in [2.45, 2.75) is 45.3 Å². The summed E-state index contributed by atoms with van der Waals surface area (Å²) in [5.74, 6) is 1.79. The molecule has 1 saturated heterocycles. The molecule has 1 aliphatic heterocycles. The molecule has 130 valence electrons. The van der Waals surface area contributed by atoms with Gasteiger partial charge in [-0.15, -0.1) is 0 Å². The normalized spacial score (nSPS) is 30.4. The lowest BCUT2D eigenvalue weighted by atomic mass is 9.56. The van der Waals surface area contributed by atoms with Gasteiger partial charge in [0.2, 0.25) is 5.88 Å². The number of nitrogens with zero attached hydrogens (tertiary/aromatic N) is 2. The molecule has 3 fully saturated rings. The zero-order valence-electron chi connectivity index (χ0n) is 14.7. The molecule has 3 aliphatic rings. The van der Waals surface area contributed by atoms with E-state index in [1.165, 1.54) is 12.8 Å². The standard InChI is InChI=1S/C19H26N2O3/c1-19(2)16(14-8-9-23-17(14)19)21(3)18(22)13-6-7-15(20-10-13)24-11-12-4-5-12/h6-7,10,12,14,16-17H,4-5,8-9,11H2,1-3H3/t14-,16-,17-/m1/s1. The number of carbonyl (C=O) groups is 1. The minimum absolute atomic E-state index is 0.00627. The Labute approximate surface area is 143 Å². The fourth-order valence-electron chi connectivity index (χ4n) is 4.49. The molecule has 0 N–H and O–H groups in total. The van der Waals surface area contributed by atoms with Crippen LogP contribution in [-0.4, -0.2) is 48.2 Å². The van der Waals surface area contributed by atoms with E-state index >= 15 is 0 Å². The quantitative estimate of drug-likeness (QED) is 0.833. The number of aromatic nitrogens is 1. The van der Waals surface area contributed by atoms with Crippen LogP contribution >= 0.6 is 0 Å². The van der Waals surface area contributed by atoms with E-state index in [0.29, 0.717) is 23.3 Å². The van der Waals surface area contributed by atoms with Crippen LogP contribution in [0.4, 0.5) is 0 Å². The predicted molar refractivity (Wildman–Crippen MR) is 90.0 cm³/mol. The van der Waals surface area contributed by atoms with E-state index < -0.39 is 0 Å². The zero-order chi connectivity index (χ0) is 16.9. The van der Waals surface area contributed by atoms with Crippen molar-refractivity contribution in [3.8, 4) is 5.88 Å². The Morgan fingerprint density at radius 2 is 2.17 bits per heavy atom. The summed E-state index contributed by atoms with van der Waals surface area (Å²) in [5, 5.41) is 0. The van der Waals surface area contributed by atoms with E-state index in [1.54, 1.807) is 12.3 Å². The highest BCUT2D eigenvalue weighted by Crippen LogP contribution is 2.54. The number of carbonyl (C=O) groups excluding carboxylic acids is 1. The van der Waals surface area contributed by atoms with Gasteiger partial charge in [0, 0.05) is 43.3 Å². The van der Waals surface area contributed by atoms with Gasteiger partial charge in [0.1, 0.15) is 0 Å². The van der Waals surface area contributed by atoms with Crippen molar-refractivity contribution in [3.05, 3.63) is 23.9 Å².